The van der Waals surface area contributed by atoms with E-state index in [0.29, 0.717) is 12.7 Å². The Morgan fingerprint density at radius 1 is 1.14 bits per heavy atom. The summed E-state index contributed by atoms with van der Waals surface area (Å²) in [6, 6.07) is 0. The molecule has 2 fully saturated rings. The van der Waals surface area contributed by atoms with Crippen LogP contribution >= 0.6 is 0 Å². The van der Waals surface area contributed by atoms with Crippen molar-refractivity contribution in [2.75, 3.05) is 53.0 Å². The first kappa shape index (κ1) is 18.2. The van der Waals surface area contributed by atoms with E-state index in [1.165, 1.54) is 45.1 Å². The number of rotatable bonds is 8. The Balaban J connectivity index is 1.55. The highest BCUT2D eigenvalue weighted by Gasteiger charge is 2.22. The van der Waals surface area contributed by atoms with Crippen molar-refractivity contribution < 1.29 is 9.84 Å². The Hall–Kier alpha value is -0.160. The van der Waals surface area contributed by atoms with E-state index >= 15 is 0 Å². The highest BCUT2D eigenvalue weighted by Crippen LogP contribution is 2.26. The van der Waals surface area contributed by atoms with Crippen molar-refractivity contribution in [3.05, 3.63) is 0 Å². The molecule has 1 saturated carbocycles. The predicted molar refractivity (Wildman–Crippen MR) is 91.1 cm³/mol. The third kappa shape index (κ3) is 6.15. The zero-order valence-corrected chi connectivity index (χ0v) is 14.7. The van der Waals surface area contributed by atoms with Crippen molar-refractivity contribution in [3.63, 3.8) is 0 Å². The topological polar surface area (TPSA) is 35.9 Å². The quantitative estimate of drug-likeness (QED) is 0.745. The van der Waals surface area contributed by atoms with Crippen LogP contribution in [0.5, 0.6) is 0 Å². The summed E-state index contributed by atoms with van der Waals surface area (Å²) in [6.45, 7) is 8.90. The van der Waals surface area contributed by atoms with Crippen LogP contribution in [-0.4, -0.2) is 74.0 Å². The number of piperidine rings is 1. The Kier molecular flexibility index (Phi) is 8.15. The number of nitrogens with zero attached hydrogens (tertiary/aromatic N) is 2. The number of aliphatic hydroxyl groups excluding tert-OH is 1. The highest BCUT2D eigenvalue weighted by molar-refractivity contribution is 4.75. The Labute approximate surface area is 136 Å². The molecule has 0 radical (unpaired) electrons. The van der Waals surface area contributed by atoms with Crippen molar-refractivity contribution in [1.82, 2.24) is 9.80 Å². The van der Waals surface area contributed by atoms with E-state index in [4.69, 9.17) is 9.84 Å². The van der Waals surface area contributed by atoms with Gasteiger partial charge in [-0.05, 0) is 57.7 Å². The van der Waals surface area contributed by atoms with Crippen LogP contribution in [0.25, 0.3) is 0 Å². The molecule has 22 heavy (non-hydrogen) atoms. The zero-order valence-electron chi connectivity index (χ0n) is 14.7. The minimum absolute atomic E-state index is 0.293. The monoisotopic (exact) mass is 312 g/mol. The predicted octanol–water partition coefficient (Wildman–Crippen LogP) is 2.22. The van der Waals surface area contributed by atoms with E-state index in [-0.39, 0.29) is 0 Å². The van der Waals surface area contributed by atoms with E-state index in [1.54, 1.807) is 0 Å². The van der Waals surface area contributed by atoms with Gasteiger partial charge in [-0.3, -0.25) is 0 Å². The maximum Gasteiger partial charge on any atom is 0.0601 e. The first-order valence-electron chi connectivity index (χ1n) is 9.32. The second kappa shape index (κ2) is 9.86. The van der Waals surface area contributed by atoms with Crippen LogP contribution in [0.3, 0.4) is 0 Å². The van der Waals surface area contributed by atoms with Gasteiger partial charge in [-0.1, -0.05) is 19.8 Å². The van der Waals surface area contributed by atoms with E-state index in [0.717, 1.165) is 44.6 Å². The fraction of sp³-hybridized carbons (Fsp3) is 1.00. The molecule has 0 amide bonds. The molecular weight excluding hydrogens is 276 g/mol. The van der Waals surface area contributed by atoms with Crippen LogP contribution in [0.1, 0.15) is 45.4 Å². The highest BCUT2D eigenvalue weighted by atomic mass is 16.5. The van der Waals surface area contributed by atoms with Crippen LogP contribution in [0.4, 0.5) is 0 Å². The van der Waals surface area contributed by atoms with Gasteiger partial charge in [0.15, 0.2) is 0 Å². The second-order valence-corrected chi connectivity index (χ2v) is 7.44. The maximum atomic E-state index is 8.99. The smallest absolute Gasteiger partial charge is 0.0601 e. The summed E-state index contributed by atoms with van der Waals surface area (Å²) in [4.78, 5) is 4.82. The number of aliphatic hydroxyl groups is 1. The molecule has 130 valence electrons. The molecule has 1 saturated heterocycles. The van der Waals surface area contributed by atoms with Gasteiger partial charge in [0.25, 0.3) is 0 Å². The van der Waals surface area contributed by atoms with Gasteiger partial charge in [0.2, 0.25) is 0 Å². The Bertz CT molecular complexity index is 293. The SMILES string of the molecule is C[C@H]1CCCC[C@@H]1OCCN(C)CC1CCN(CCO)CC1. The van der Waals surface area contributed by atoms with Crippen LogP contribution in [-0.2, 0) is 4.74 Å². The van der Waals surface area contributed by atoms with E-state index in [2.05, 4.69) is 23.8 Å². The number of ether oxygens (including phenoxy) is 1. The summed E-state index contributed by atoms with van der Waals surface area (Å²) < 4.78 is 6.13. The first-order valence-corrected chi connectivity index (χ1v) is 9.32. The minimum atomic E-state index is 0.293. The molecule has 1 aliphatic carbocycles. The van der Waals surface area contributed by atoms with Gasteiger partial charge >= 0.3 is 0 Å². The van der Waals surface area contributed by atoms with E-state index < -0.39 is 0 Å². The molecule has 0 spiro atoms. The summed E-state index contributed by atoms with van der Waals surface area (Å²) in [5.74, 6) is 1.56. The third-order valence-electron chi connectivity index (χ3n) is 5.53. The third-order valence-corrected chi connectivity index (χ3v) is 5.53. The minimum Gasteiger partial charge on any atom is -0.395 e. The number of hydrogen-bond donors (Lipinski definition) is 1. The van der Waals surface area contributed by atoms with Gasteiger partial charge in [-0.15, -0.1) is 0 Å². The second-order valence-electron chi connectivity index (χ2n) is 7.44. The van der Waals surface area contributed by atoms with Crippen molar-refractivity contribution in [2.45, 2.75) is 51.6 Å². The van der Waals surface area contributed by atoms with Gasteiger partial charge in [0, 0.05) is 19.6 Å². The molecule has 0 unspecified atom stereocenters. The zero-order chi connectivity index (χ0) is 15.8. The molecule has 4 heteroatoms. The molecule has 0 aromatic rings. The summed E-state index contributed by atoms with van der Waals surface area (Å²) in [6.07, 6.45) is 8.37. The molecule has 1 aliphatic heterocycles. The molecule has 4 nitrogen and oxygen atoms in total. The van der Waals surface area contributed by atoms with Crippen molar-refractivity contribution in [1.29, 1.82) is 0 Å². The lowest BCUT2D eigenvalue weighted by atomic mass is 9.88. The summed E-state index contributed by atoms with van der Waals surface area (Å²) >= 11 is 0. The summed E-state index contributed by atoms with van der Waals surface area (Å²) in [5.41, 5.74) is 0. The lowest BCUT2D eigenvalue weighted by Gasteiger charge is -2.34. The molecular formula is C18H36N2O2. The van der Waals surface area contributed by atoms with E-state index in [9.17, 15) is 0 Å². The molecule has 1 heterocycles. The van der Waals surface area contributed by atoms with Gasteiger partial charge in [0.1, 0.15) is 0 Å². The molecule has 0 aromatic carbocycles. The molecule has 2 aliphatic rings. The Morgan fingerprint density at radius 3 is 2.55 bits per heavy atom. The molecule has 0 aromatic heterocycles. The molecule has 2 rings (SSSR count). The van der Waals surface area contributed by atoms with Crippen LogP contribution in [0.2, 0.25) is 0 Å². The van der Waals surface area contributed by atoms with Crippen LogP contribution < -0.4 is 0 Å². The lowest BCUT2D eigenvalue weighted by Crippen LogP contribution is -2.39. The van der Waals surface area contributed by atoms with Crippen LogP contribution in [0, 0.1) is 11.8 Å². The largest absolute Gasteiger partial charge is 0.395 e. The van der Waals surface area contributed by atoms with Gasteiger partial charge in [-0.25, -0.2) is 0 Å². The Morgan fingerprint density at radius 2 is 1.86 bits per heavy atom. The summed E-state index contributed by atoms with van der Waals surface area (Å²) in [7, 11) is 2.23. The van der Waals surface area contributed by atoms with Crippen molar-refractivity contribution >= 4 is 0 Å². The number of β-amino-alcohol motifs (C(OH)–C–C–N with tert-alkyl or cyclic N) is 1. The average molecular weight is 312 g/mol. The van der Waals surface area contributed by atoms with Crippen molar-refractivity contribution in [3.8, 4) is 0 Å². The fourth-order valence-electron chi connectivity index (χ4n) is 3.96. The fourth-order valence-corrected chi connectivity index (χ4v) is 3.96. The molecule has 0 bridgehead atoms. The molecule has 1 N–H and O–H groups in total. The maximum absolute atomic E-state index is 8.99. The van der Waals surface area contributed by atoms with Crippen molar-refractivity contribution in [2.24, 2.45) is 11.8 Å². The standard InChI is InChI=1S/C18H36N2O2/c1-16-5-3-4-6-18(16)22-14-12-19(2)15-17-7-9-20(10-8-17)11-13-21/h16-18,21H,3-15H2,1-2H3/t16-,18-/m0/s1. The normalized spacial score (nSPS) is 28.4. The molecule has 2 atom stereocenters. The van der Waals surface area contributed by atoms with Crippen LogP contribution in [0.15, 0.2) is 0 Å². The lowest BCUT2D eigenvalue weighted by molar-refractivity contribution is -0.0134. The number of likely N-dealkylation sites (N-methyl/N-ethyl adjacent to an activating group) is 1. The average Bonchev–Trinajstić information content (AvgIpc) is 2.51. The van der Waals surface area contributed by atoms with Gasteiger partial charge in [-0.2, -0.15) is 0 Å². The van der Waals surface area contributed by atoms with Gasteiger partial charge in [0.05, 0.1) is 19.3 Å². The number of likely N-dealkylation sites (tertiary alicyclic amines) is 1. The first-order chi connectivity index (χ1) is 10.7. The van der Waals surface area contributed by atoms with Gasteiger partial charge < -0.3 is 19.6 Å². The van der Waals surface area contributed by atoms with E-state index in [1.807, 2.05) is 0 Å². The number of hydrogen-bond acceptors (Lipinski definition) is 4. The summed E-state index contributed by atoms with van der Waals surface area (Å²) in [5, 5.41) is 8.99.